The molecule has 0 amide bonds. The molecule has 0 atom stereocenters. The maximum Gasteiger partial charge on any atom is 0.417 e. The van der Waals surface area contributed by atoms with Gasteiger partial charge in [0.1, 0.15) is 23.8 Å². The van der Waals surface area contributed by atoms with Crippen LogP contribution in [0.5, 0.6) is 0 Å². The quantitative estimate of drug-likeness (QED) is 0.452. The smallest absolute Gasteiger partial charge is 0.417 e. The zero-order valence-electron chi connectivity index (χ0n) is 16.2. The summed E-state index contributed by atoms with van der Waals surface area (Å²) in [5, 5.41) is 12.7. The molecule has 0 radical (unpaired) electrons. The lowest BCUT2D eigenvalue weighted by Gasteiger charge is -2.26. The van der Waals surface area contributed by atoms with Gasteiger partial charge >= 0.3 is 12.4 Å². The average Bonchev–Trinajstić information content (AvgIpc) is 3.24. The monoisotopic (exact) mass is 443 g/mol. The molecule has 0 saturated carbocycles. The van der Waals surface area contributed by atoms with Crippen molar-refractivity contribution in [2.45, 2.75) is 32.7 Å². The van der Waals surface area contributed by atoms with E-state index in [9.17, 15) is 26.3 Å². The van der Waals surface area contributed by atoms with Crippen molar-refractivity contribution in [1.82, 2.24) is 5.16 Å². The highest BCUT2D eigenvalue weighted by Crippen LogP contribution is 2.36. The molecular formula is C20H15F6N3O2. The second kappa shape index (κ2) is 8.02. The molecule has 0 aliphatic rings. The van der Waals surface area contributed by atoms with Crippen molar-refractivity contribution < 1.29 is 35.3 Å². The first kappa shape index (κ1) is 22.3. The number of halogens is 6. The predicted octanol–water partition coefficient (Wildman–Crippen LogP) is 6.01. The molecule has 0 bridgehead atoms. The Morgan fingerprint density at radius 2 is 1.77 bits per heavy atom. The van der Waals surface area contributed by atoms with Crippen LogP contribution in [-0.2, 0) is 12.7 Å². The summed E-state index contributed by atoms with van der Waals surface area (Å²) >= 11 is 0. The van der Waals surface area contributed by atoms with E-state index in [1.54, 1.807) is 13.8 Å². The van der Waals surface area contributed by atoms with E-state index in [2.05, 4.69) is 5.16 Å². The standard InChI is InChI=1S/C20H15F6N3O2/c1-11-18(12(2)31-28-11)17-6-5-15(30-17)9-29(10-19(21,22)23)14-4-3-13(8-27)16(7-14)20(24,25)26/h3-7H,9-10H2,1-2H3. The lowest BCUT2D eigenvalue weighted by Crippen LogP contribution is -2.34. The summed E-state index contributed by atoms with van der Waals surface area (Å²) < 4.78 is 89.8. The second-order valence-electron chi connectivity index (χ2n) is 6.78. The lowest BCUT2D eigenvalue weighted by atomic mass is 10.1. The predicted molar refractivity (Wildman–Crippen MR) is 96.9 cm³/mol. The number of nitrogens with zero attached hydrogens (tertiary/aromatic N) is 3. The molecule has 0 unspecified atom stereocenters. The zero-order chi connectivity index (χ0) is 23.0. The fraction of sp³-hybridized carbons (Fsp3) is 0.300. The van der Waals surface area contributed by atoms with Gasteiger partial charge in [0.15, 0.2) is 0 Å². The molecule has 0 saturated heterocycles. The zero-order valence-corrected chi connectivity index (χ0v) is 16.2. The van der Waals surface area contributed by atoms with Gasteiger partial charge in [-0.2, -0.15) is 31.6 Å². The number of benzene rings is 1. The van der Waals surface area contributed by atoms with Gasteiger partial charge in [-0.3, -0.25) is 0 Å². The van der Waals surface area contributed by atoms with Gasteiger partial charge in [-0.05, 0) is 44.2 Å². The number of anilines is 1. The molecule has 0 fully saturated rings. The van der Waals surface area contributed by atoms with Crippen LogP contribution < -0.4 is 4.90 Å². The third-order valence-electron chi connectivity index (χ3n) is 4.45. The highest BCUT2D eigenvalue weighted by atomic mass is 19.4. The van der Waals surface area contributed by atoms with Crippen molar-refractivity contribution >= 4 is 5.69 Å². The largest absolute Gasteiger partial charge is 0.459 e. The van der Waals surface area contributed by atoms with Crippen molar-refractivity contribution in [2.75, 3.05) is 11.4 Å². The van der Waals surface area contributed by atoms with Gasteiger partial charge < -0.3 is 13.8 Å². The van der Waals surface area contributed by atoms with E-state index in [1.807, 2.05) is 0 Å². The molecule has 0 N–H and O–H groups in total. The van der Waals surface area contributed by atoms with Gasteiger partial charge in [-0.1, -0.05) is 5.16 Å². The normalized spacial score (nSPS) is 12.1. The molecule has 31 heavy (non-hydrogen) atoms. The Morgan fingerprint density at radius 1 is 1.06 bits per heavy atom. The van der Waals surface area contributed by atoms with Crippen LogP contribution in [0.15, 0.2) is 39.3 Å². The third kappa shape index (κ3) is 5.02. The van der Waals surface area contributed by atoms with Crippen molar-refractivity contribution in [3.05, 3.63) is 58.7 Å². The number of hydrogen-bond donors (Lipinski definition) is 0. The first-order chi connectivity index (χ1) is 14.4. The van der Waals surface area contributed by atoms with Crippen molar-refractivity contribution in [1.29, 1.82) is 5.26 Å². The summed E-state index contributed by atoms with van der Waals surface area (Å²) in [7, 11) is 0. The minimum absolute atomic E-state index is 0.0946. The fourth-order valence-corrected chi connectivity index (χ4v) is 3.14. The van der Waals surface area contributed by atoms with Crippen LogP contribution in [0.1, 0.15) is 28.3 Å². The molecule has 11 heteroatoms. The van der Waals surface area contributed by atoms with Gasteiger partial charge in [0, 0.05) is 5.69 Å². The molecule has 0 aliphatic carbocycles. The highest BCUT2D eigenvalue weighted by molar-refractivity contribution is 5.62. The molecule has 164 valence electrons. The summed E-state index contributed by atoms with van der Waals surface area (Å²) in [4.78, 5) is 0.701. The van der Waals surface area contributed by atoms with E-state index in [-0.39, 0.29) is 11.4 Å². The van der Waals surface area contributed by atoms with Crippen LogP contribution in [0.4, 0.5) is 32.0 Å². The molecule has 2 heterocycles. The average molecular weight is 443 g/mol. The van der Waals surface area contributed by atoms with Crippen LogP contribution in [0.25, 0.3) is 11.3 Å². The van der Waals surface area contributed by atoms with Crippen LogP contribution in [0, 0.1) is 25.2 Å². The van der Waals surface area contributed by atoms with E-state index < -0.39 is 36.6 Å². The summed E-state index contributed by atoms with van der Waals surface area (Å²) in [5.74, 6) is 0.860. The number of nitriles is 1. The molecule has 5 nitrogen and oxygen atoms in total. The molecular weight excluding hydrogens is 428 g/mol. The highest BCUT2D eigenvalue weighted by Gasteiger charge is 2.36. The van der Waals surface area contributed by atoms with Crippen LogP contribution in [0.3, 0.4) is 0 Å². The third-order valence-corrected chi connectivity index (χ3v) is 4.45. The fourth-order valence-electron chi connectivity index (χ4n) is 3.14. The number of alkyl halides is 6. The van der Waals surface area contributed by atoms with Crippen LogP contribution in [-0.4, -0.2) is 17.9 Å². The summed E-state index contributed by atoms with van der Waals surface area (Å²) in [6, 6.07) is 6.77. The lowest BCUT2D eigenvalue weighted by molar-refractivity contribution is -0.137. The maximum atomic E-state index is 13.3. The van der Waals surface area contributed by atoms with Crippen molar-refractivity contribution in [2.24, 2.45) is 0 Å². The number of hydrogen-bond acceptors (Lipinski definition) is 5. The number of aromatic nitrogens is 1. The summed E-state index contributed by atoms with van der Waals surface area (Å²) in [6.07, 6.45) is -9.59. The van der Waals surface area contributed by atoms with E-state index >= 15 is 0 Å². The Bertz CT molecular complexity index is 1100. The Kier molecular flexibility index (Phi) is 5.76. The SMILES string of the molecule is Cc1noc(C)c1-c1ccc(CN(CC(F)(F)F)c2ccc(C#N)c(C(F)(F)F)c2)o1. The molecule has 1 aromatic carbocycles. The van der Waals surface area contributed by atoms with E-state index in [4.69, 9.17) is 14.2 Å². The Labute approximate surface area is 172 Å². The summed E-state index contributed by atoms with van der Waals surface area (Å²) in [6.45, 7) is 1.34. The van der Waals surface area contributed by atoms with E-state index in [0.717, 1.165) is 12.1 Å². The van der Waals surface area contributed by atoms with Crippen molar-refractivity contribution in [3.63, 3.8) is 0 Å². The molecule has 0 spiro atoms. The molecule has 0 aliphatic heterocycles. The molecule has 3 aromatic rings. The number of furan rings is 1. The number of aryl methyl sites for hydroxylation is 2. The maximum absolute atomic E-state index is 13.3. The van der Waals surface area contributed by atoms with Gasteiger partial charge in [0.05, 0.1) is 35.0 Å². The van der Waals surface area contributed by atoms with Crippen molar-refractivity contribution in [3.8, 4) is 17.4 Å². The molecule has 2 aromatic heterocycles. The van der Waals surface area contributed by atoms with E-state index in [1.165, 1.54) is 18.2 Å². The topological polar surface area (TPSA) is 66.2 Å². The Balaban J connectivity index is 1.98. The second-order valence-corrected chi connectivity index (χ2v) is 6.78. The minimum atomic E-state index is -4.90. The van der Waals surface area contributed by atoms with Gasteiger partial charge in [0.25, 0.3) is 0 Å². The van der Waals surface area contributed by atoms with Crippen LogP contribution in [0.2, 0.25) is 0 Å². The van der Waals surface area contributed by atoms with E-state index in [0.29, 0.717) is 33.7 Å². The Hall–Kier alpha value is -3.42. The first-order valence-corrected chi connectivity index (χ1v) is 8.84. The minimum Gasteiger partial charge on any atom is -0.459 e. The number of rotatable bonds is 5. The summed E-state index contributed by atoms with van der Waals surface area (Å²) in [5.41, 5.74) is -1.27. The van der Waals surface area contributed by atoms with Gasteiger partial charge in [-0.15, -0.1) is 0 Å². The Morgan fingerprint density at radius 3 is 2.32 bits per heavy atom. The van der Waals surface area contributed by atoms with Gasteiger partial charge in [-0.25, -0.2) is 0 Å². The van der Waals surface area contributed by atoms with Crippen LogP contribution >= 0.6 is 0 Å². The first-order valence-electron chi connectivity index (χ1n) is 8.84. The van der Waals surface area contributed by atoms with Gasteiger partial charge in [0.2, 0.25) is 0 Å². The molecule has 3 rings (SSSR count).